The van der Waals surface area contributed by atoms with Crippen molar-refractivity contribution in [1.29, 1.82) is 0 Å². The van der Waals surface area contributed by atoms with Gasteiger partial charge in [0.2, 0.25) is 0 Å². The van der Waals surface area contributed by atoms with E-state index in [2.05, 4.69) is 97.9 Å². The largest absolute Gasteiger partial charge is 0.485 e. The molecule has 1 nitrogen and oxygen atoms in total. The Bertz CT molecular complexity index is 841. The molecule has 1 unspecified atom stereocenters. The zero-order chi connectivity index (χ0) is 24.4. The number of ether oxygens (including phenoxy) is 1. The fourth-order valence-corrected chi connectivity index (χ4v) is 7.33. The quantitative estimate of drug-likeness (QED) is 0.128. The van der Waals surface area contributed by atoms with Gasteiger partial charge in [-0.3, -0.25) is 0 Å². The van der Waals surface area contributed by atoms with Crippen LogP contribution < -0.4 is 15.3 Å². The van der Waals surface area contributed by atoms with Gasteiger partial charge in [-0.25, -0.2) is 0 Å². The molecule has 0 saturated heterocycles. The zero-order valence-corrected chi connectivity index (χ0v) is 22.7. The van der Waals surface area contributed by atoms with Crippen molar-refractivity contribution >= 4 is 18.5 Å². The summed E-state index contributed by atoms with van der Waals surface area (Å²) in [6, 6.07) is 32.4. The van der Waals surface area contributed by atoms with Crippen molar-refractivity contribution in [2.24, 2.45) is 0 Å². The van der Waals surface area contributed by atoms with Crippen LogP contribution in [0.1, 0.15) is 90.4 Å². The summed E-state index contributed by atoms with van der Waals surface area (Å²) in [5.74, 6) is 1.16. The van der Waals surface area contributed by atoms with E-state index >= 15 is 0 Å². The van der Waals surface area contributed by atoms with E-state index in [0.717, 1.165) is 12.2 Å². The SMILES string of the molecule is CCCCCCCCCCCCCCC(Oc1ccccc1)P(c1ccccc1)c1ccccc1. The Morgan fingerprint density at radius 1 is 0.514 bits per heavy atom. The summed E-state index contributed by atoms with van der Waals surface area (Å²) in [5, 5.41) is 2.79. The molecule has 0 aliphatic rings. The van der Waals surface area contributed by atoms with Crippen LogP contribution in [-0.4, -0.2) is 5.85 Å². The van der Waals surface area contributed by atoms with Crippen LogP contribution in [0.4, 0.5) is 0 Å². The lowest BCUT2D eigenvalue weighted by molar-refractivity contribution is 0.267. The number of hydrogen-bond acceptors (Lipinski definition) is 1. The van der Waals surface area contributed by atoms with Gasteiger partial charge in [0.15, 0.2) is 0 Å². The molecule has 3 rings (SSSR count). The molecule has 35 heavy (non-hydrogen) atoms. The van der Waals surface area contributed by atoms with E-state index in [4.69, 9.17) is 4.74 Å². The Morgan fingerprint density at radius 2 is 0.914 bits per heavy atom. The molecule has 0 bridgehead atoms. The van der Waals surface area contributed by atoms with Crippen LogP contribution in [0, 0.1) is 0 Å². The van der Waals surface area contributed by atoms with Crippen molar-refractivity contribution in [3.8, 4) is 5.75 Å². The van der Waals surface area contributed by atoms with Crippen molar-refractivity contribution in [1.82, 2.24) is 0 Å². The minimum atomic E-state index is -0.599. The third kappa shape index (κ3) is 10.6. The second kappa shape index (κ2) is 17.3. The Balaban J connectivity index is 1.53. The standard InChI is InChI=1S/C33H45OP/c1-2-3-4-5-6-7-8-9-10-11-12-22-29-33(34-30-23-16-13-17-24-30)35(31-25-18-14-19-26-31)32-27-20-15-21-28-32/h13-21,23-28,33H,2-12,22,29H2,1H3. The van der Waals surface area contributed by atoms with Crippen LogP contribution in [0.25, 0.3) is 0 Å². The number of benzene rings is 3. The van der Waals surface area contributed by atoms with Crippen molar-refractivity contribution in [3.63, 3.8) is 0 Å². The molecule has 0 aliphatic carbocycles. The van der Waals surface area contributed by atoms with Crippen LogP contribution in [0.5, 0.6) is 5.75 Å². The fraction of sp³-hybridized carbons (Fsp3) is 0.455. The first-order valence-corrected chi connectivity index (χ1v) is 15.4. The van der Waals surface area contributed by atoms with E-state index in [1.54, 1.807) is 0 Å². The van der Waals surface area contributed by atoms with Gasteiger partial charge in [-0.05, 0) is 43.5 Å². The first kappa shape index (κ1) is 27.5. The third-order valence-electron chi connectivity index (χ3n) is 6.68. The molecule has 1 atom stereocenters. The van der Waals surface area contributed by atoms with Gasteiger partial charge in [0.05, 0.1) is 0 Å². The number of rotatable bonds is 18. The van der Waals surface area contributed by atoms with Gasteiger partial charge in [0.1, 0.15) is 11.6 Å². The molecule has 0 spiro atoms. The summed E-state index contributed by atoms with van der Waals surface area (Å²) in [4.78, 5) is 0. The molecule has 0 radical (unpaired) electrons. The highest BCUT2D eigenvalue weighted by Gasteiger charge is 2.26. The first-order valence-electron chi connectivity index (χ1n) is 14.0. The van der Waals surface area contributed by atoms with E-state index in [-0.39, 0.29) is 5.85 Å². The van der Waals surface area contributed by atoms with Gasteiger partial charge in [0.25, 0.3) is 0 Å². The molecule has 3 aromatic rings. The van der Waals surface area contributed by atoms with Gasteiger partial charge in [-0.15, -0.1) is 0 Å². The van der Waals surface area contributed by atoms with Gasteiger partial charge in [0, 0.05) is 0 Å². The highest BCUT2D eigenvalue weighted by molar-refractivity contribution is 7.73. The van der Waals surface area contributed by atoms with Crippen LogP contribution in [0.2, 0.25) is 0 Å². The van der Waals surface area contributed by atoms with E-state index in [9.17, 15) is 0 Å². The summed E-state index contributed by atoms with van der Waals surface area (Å²) in [5.41, 5.74) is 0. The number of unbranched alkanes of at least 4 members (excludes halogenated alkanes) is 11. The van der Waals surface area contributed by atoms with Crippen molar-refractivity contribution < 1.29 is 4.74 Å². The van der Waals surface area contributed by atoms with Crippen molar-refractivity contribution in [2.45, 2.75) is 96.2 Å². The van der Waals surface area contributed by atoms with Crippen molar-refractivity contribution in [3.05, 3.63) is 91.0 Å². The van der Waals surface area contributed by atoms with E-state index < -0.39 is 7.92 Å². The van der Waals surface area contributed by atoms with Gasteiger partial charge in [-0.1, -0.05) is 156 Å². The predicted octanol–water partition coefficient (Wildman–Crippen LogP) is 9.62. The maximum absolute atomic E-state index is 6.71. The molecule has 2 heteroatoms. The lowest BCUT2D eigenvalue weighted by Crippen LogP contribution is -2.26. The van der Waals surface area contributed by atoms with Gasteiger partial charge >= 0.3 is 0 Å². The number of hydrogen-bond donors (Lipinski definition) is 0. The van der Waals surface area contributed by atoms with Crippen molar-refractivity contribution in [2.75, 3.05) is 0 Å². The highest BCUT2D eigenvalue weighted by Crippen LogP contribution is 2.43. The van der Waals surface area contributed by atoms with Crippen LogP contribution in [-0.2, 0) is 0 Å². The molecule has 0 aromatic heterocycles. The topological polar surface area (TPSA) is 9.23 Å². The molecule has 0 N–H and O–H groups in total. The van der Waals surface area contributed by atoms with Gasteiger partial charge < -0.3 is 4.74 Å². The second-order valence-corrected chi connectivity index (χ2v) is 12.0. The predicted molar refractivity (Wildman–Crippen MR) is 156 cm³/mol. The van der Waals surface area contributed by atoms with E-state index in [1.807, 2.05) is 0 Å². The third-order valence-corrected chi connectivity index (χ3v) is 9.33. The fourth-order valence-electron chi connectivity index (χ4n) is 4.72. The summed E-state index contributed by atoms with van der Waals surface area (Å²) < 4.78 is 6.71. The Morgan fingerprint density at radius 3 is 1.37 bits per heavy atom. The maximum Gasteiger partial charge on any atom is 0.125 e. The smallest absolute Gasteiger partial charge is 0.125 e. The molecular weight excluding hydrogens is 443 g/mol. The lowest BCUT2D eigenvalue weighted by atomic mass is 10.0. The van der Waals surface area contributed by atoms with E-state index in [0.29, 0.717) is 0 Å². The lowest BCUT2D eigenvalue weighted by Gasteiger charge is -2.29. The van der Waals surface area contributed by atoms with Crippen LogP contribution in [0.15, 0.2) is 91.0 Å². The minimum Gasteiger partial charge on any atom is -0.485 e. The molecular formula is C33H45OP. The molecule has 0 saturated carbocycles. The average Bonchev–Trinajstić information content (AvgIpc) is 2.91. The molecule has 0 amide bonds. The number of para-hydroxylation sites is 1. The molecule has 188 valence electrons. The van der Waals surface area contributed by atoms with Crippen LogP contribution in [0.3, 0.4) is 0 Å². The zero-order valence-electron chi connectivity index (χ0n) is 21.8. The highest BCUT2D eigenvalue weighted by atomic mass is 31.1. The molecule has 0 aliphatic heterocycles. The Kier molecular flexibility index (Phi) is 13.6. The second-order valence-electron chi connectivity index (χ2n) is 9.60. The normalized spacial score (nSPS) is 12.1. The molecule has 3 aromatic carbocycles. The molecule has 0 heterocycles. The van der Waals surface area contributed by atoms with Crippen LogP contribution >= 0.6 is 7.92 Å². The molecule has 0 fully saturated rings. The van der Waals surface area contributed by atoms with E-state index in [1.165, 1.54) is 87.7 Å². The summed E-state index contributed by atoms with van der Waals surface area (Å²) in [7, 11) is -0.599. The Labute approximate surface area is 216 Å². The minimum absolute atomic E-state index is 0.181. The Hall–Kier alpha value is -2.11. The summed E-state index contributed by atoms with van der Waals surface area (Å²) in [6.45, 7) is 2.29. The van der Waals surface area contributed by atoms with Gasteiger partial charge in [-0.2, -0.15) is 0 Å². The average molecular weight is 489 g/mol. The first-order chi connectivity index (χ1) is 17.4. The summed E-state index contributed by atoms with van der Waals surface area (Å²) in [6.07, 6.45) is 17.6. The maximum atomic E-state index is 6.71. The monoisotopic (exact) mass is 488 g/mol. The summed E-state index contributed by atoms with van der Waals surface area (Å²) >= 11 is 0.